The van der Waals surface area contributed by atoms with Gasteiger partial charge in [0.2, 0.25) is 5.22 Å². The third-order valence-corrected chi connectivity index (χ3v) is 1.53. The average Bonchev–Trinajstić information content (AvgIpc) is 1.65. The Morgan fingerprint density at radius 2 is 2.00 bits per heavy atom. The van der Waals surface area contributed by atoms with Crippen LogP contribution in [-0.4, -0.2) is 7.11 Å². The molecular weight excluding hydrogens is 203 g/mol. The Bertz CT molecular complexity index is 86.9. The van der Waals surface area contributed by atoms with Crippen molar-refractivity contribution in [3.63, 3.8) is 0 Å². The van der Waals surface area contributed by atoms with Crippen molar-refractivity contribution in [1.29, 1.82) is 0 Å². The van der Waals surface area contributed by atoms with Crippen LogP contribution >= 0.6 is 39.1 Å². The van der Waals surface area contributed by atoms with Crippen molar-refractivity contribution in [2.45, 2.75) is 0 Å². The van der Waals surface area contributed by atoms with Gasteiger partial charge in [-0.25, -0.2) is 0 Å². The predicted molar refractivity (Wildman–Crippen MR) is 34.7 cm³/mol. The standard InChI is InChI=1S/C3H3BrCl2O/c1-7-3(6)2(4)5/h1H3/b3-2+. The molecule has 0 aliphatic carbocycles. The molecule has 0 heterocycles. The van der Waals surface area contributed by atoms with E-state index in [0.29, 0.717) is 0 Å². The van der Waals surface area contributed by atoms with Crippen LogP contribution in [0.5, 0.6) is 0 Å². The number of hydrogen-bond donors (Lipinski definition) is 0. The molecule has 1 nitrogen and oxygen atoms in total. The Hall–Kier alpha value is 0.600. The zero-order chi connectivity index (χ0) is 5.86. The van der Waals surface area contributed by atoms with Crippen molar-refractivity contribution in [2.75, 3.05) is 7.11 Å². The molecule has 42 valence electrons. The summed E-state index contributed by atoms with van der Waals surface area (Å²) in [6, 6.07) is 0. The van der Waals surface area contributed by atoms with Gasteiger partial charge in [0.05, 0.1) is 7.11 Å². The molecular formula is C3H3BrCl2O. The summed E-state index contributed by atoms with van der Waals surface area (Å²) in [6.45, 7) is 0. The van der Waals surface area contributed by atoms with Crippen LogP contribution in [0.4, 0.5) is 0 Å². The molecule has 0 fully saturated rings. The highest BCUT2D eigenvalue weighted by molar-refractivity contribution is 9.12. The van der Waals surface area contributed by atoms with Gasteiger partial charge in [-0.05, 0) is 27.5 Å². The Labute approximate surface area is 60.4 Å². The van der Waals surface area contributed by atoms with E-state index in [4.69, 9.17) is 23.2 Å². The van der Waals surface area contributed by atoms with Gasteiger partial charge in [0.25, 0.3) is 0 Å². The lowest BCUT2D eigenvalue weighted by molar-refractivity contribution is 0.322. The predicted octanol–water partition coefficient (Wildman–Crippen LogP) is 2.63. The molecule has 0 aliphatic rings. The fraction of sp³-hybridized carbons (Fsp3) is 0.333. The molecule has 4 heteroatoms. The van der Waals surface area contributed by atoms with Crippen molar-refractivity contribution < 1.29 is 4.74 Å². The fourth-order valence-electron chi connectivity index (χ4n) is 0.0772. The lowest BCUT2D eigenvalue weighted by Crippen LogP contribution is -1.72. The zero-order valence-corrected chi connectivity index (χ0v) is 6.64. The Balaban J connectivity index is 3.72. The van der Waals surface area contributed by atoms with Gasteiger partial charge in [-0.3, -0.25) is 0 Å². The van der Waals surface area contributed by atoms with E-state index in [1.54, 1.807) is 0 Å². The van der Waals surface area contributed by atoms with E-state index < -0.39 is 0 Å². The molecule has 0 spiro atoms. The monoisotopic (exact) mass is 204 g/mol. The molecule has 0 aromatic rings. The molecule has 0 N–H and O–H groups in total. The summed E-state index contributed by atoms with van der Waals surface area (Å²) in [4.78, 5) is 0. The first-order chi connectivity index (χ1) is 3.18. The largest absolute Gasteiger partial charge is 0.485 e. The molecule has 0 saturated carbocycles. The molecule has 0 aromatic carbocycles. The summed E-state index contributed by atoms with van der Waals surface area (Å²) in [5.41, 5.74) is 0. The van der Waals surface area contributed by atoms with Crippen molar-refractivity contribution in [3.05, 3.63) is 9.16 Å². The quantitative estimate of drug-likeness (QED) is 0.599. The molecule has 0 radical (unpaired) electrons. The van der Waals surface area contributed by atoms with Crippen LogP contribution in [-0.2, 0) is 4.74 Å². The van der Waals surface area contributed by atoms with E-state index in [0.717, 1.165) is 0 Å². The Morgan fingerprint density at radius 3 is 2.00 bits per heavy atom. The molecule has 7 heavy (non-hydrogen) atoms. The van der Waals surface area contributed by atoms with E-state index >= 15 is 0 Å². The maximum absolute atomic E-state index is 5.28. The molecule has 0 aliphatic heterocycles. The van der Waals surface area contributed by atoms with Crippen LogP contribution in [0, 0.1) is 0 Å². The fourth-order valence-corrected chi connectivity index (χ4v) is 0.316. The highest BCUT2D eigenvalue weighted by Gasteiger charge is 1.92. The summed E-state index contributed by atoms with van der Waals surface area (Å²) in [5.74, 6) is 0. The van der Waals surface area contributed by atoms with Gasteiger partial charge in [0, 0.05) is 0 Å². The highest BCUT2D eigenvalue weighted by Crippen LogP contribution is 2.19. The van der Waals surface area contributed by atoms with Gasteiger partial charge >= 0.3 is 0 Å². The number of ether oxygens (including phenoxy) is 1. The molecule has 0 unspecified atom stereocenters. The van der Waals surface area contributed by atoms with E-state index in [-0.39, 0.29) is 9.16 Å². The van der Waals surface area contributed by atoms with Crippen molar-refractivity contribution >= 4 is 39.1 Å². The normalized spacial score (nSPS) is 13.1. The van der Waals surface area contributed by atoms with Gasteiger partial charge < -0.3 is 4.74 Å². The van der Waals surface area contributed by atoms with Crippen LogP contribution in [0.1, 0.15) is 0 Å². The Morgan fingerprint density at radius 1 is 1.57 bits per heavy atom. The first-order valence-electron chi connectivity index (χ1n) is 1.43. The zero-order valence-electron chi connectivity index (χ0n) is 3.54. The minimum atomic E-state index is 0.168. The summed E-state index contributed by atoms with van der Waals surface area (Å²) in [6.07, 6.45) is 0. The summed E-state index contributed by atoms with van der Waals surface area (Å²) < 4.78 is 4.77. The average molecular weight is 206 g/mol. The Kier molecular flexibility index (Phi) is 3.89. The lowest BCUT2D eigenvalue weighted by Gasteiger charge is -1.91. The number of halogens is 3. The second-order valence-corrected chi connectivity index (χ2v) is 2.71. The first kappa shape index (κ1) is 7.60. The number of hydrogen-bond acceptors (Lipinski definition) is 1. The molecule has 0 rings (SSSR count). The highest BCUT2D eigenvalue weighted by atomic mass is 79.9. The van der Waals surface area contributed by atoms with Crippen molar-refractivity contribution in [2.24, 2.45) is 0 Å². The van der Waals surface area contributed by atoms with Crippen LogP contribution in [0.15, 0.2) is 9.16 Å². The SMILES string of the molecule is CO/C(Cl)=C(/Cl)Br. The second kappa shape index (κ2) is 3.58. The second-order valence-electron chi connectivity index (χ2n) is 0.738. The van der Waals surface area contributed by atoms with Crippen LogP contribution in [0.2, 0.25) is 0 Å². The summed E-state index contributed by atoms with van der Waals surface area (Å²) in [5, 5.41) is 0.168. The topological polar surface area (TPSA) is 9.23 Å². The van der Waals surface area contributed by atoms with Crippen LogP contribution < -0.4 is 0 Å². The maximum Gasteiger partial charge on any atom is 0.213 e. The third kappa shape index (κ3) is 3.21. The lowest BCUT2D eigenvalue weighted by atomic mass is 11.1. The molecule has 0 saturated heterocycles. The maximum atomic E-state index is 5.28. The smallest absolute Gasteiger partial charge is 0.213 e. The van der Waals surface area contributed by atoms with Crippen molar-refractivity contribution in [1.82, 2.24) is 0 Å². The van der Waals surface area contributed by atoms with Gasteiger partial charge in [0.15, 0.2) is 0 Å². The summed E-state index contributed by atoms with van der Waals surface area (Å²) >= 11 is 13.4. The van der Waals surface area contributed by atoms with Crippen LogP contribution in [0.3, 0.4) is 0 Å². The number of methoxy groups -OCH3 is 1. The first-order valence-corrected chi connectivity index (χ1v) is 2.98. The van der Waals surface area contributed by atoms with E-state index in [9.17, 15) is 0 Å². The van der Waals surface area contributed by atoms with Gasteiger partial charge in [-0.2, -0.15) is 0 Å². The van der Waals surface area contributed by atoms with Gasteiger partial charge in [-0.1, -0.05) is 11.6 Å². The van der Waals surface area contributed by atoms with Crippen molar-refractivity contribution in [3.8, 4) is 0 Å². The van der Waals surface area contributed by atoms with E-state index in [1.165, 1.54) is 7.11 Å². The summed E-state index contributed by atoms with van der Waals surface area (Å²) in [7, 11) is 1.44. The van der Waals surface area contributed by atoms with Gasteiger partial charge in [-0.15, -0.1) is 0 Å². The minimum Gasteiger partial charge on any atom is -0.485 e. The molecule has 0 bridgehead atoms. The van der Waals surface area contributed by atoms with Crippen LogP contribution in [0.25, 0.3) is 0 Å². The molecule has 0 atom stereocenters. The molecule has 0 aromatic heterocycles. The molecule has 0 amide bonds. The number of rotatable bonds is 1. The minimum absolute atomic E-state index is 0.168. The van der Waals surface area contributed by atoms with Gasteiger partial charge in [0.1, 0.15) is 3.94 Å². The van der Waals surface area contributed by atoms with E-state index in [2.05, 4.69) is 20.7 Å². The van der Waals surface area contributed by atoms with E-state index in [1.807, 2.05) is 0 Å². The third-order valence-electron chi connectivity index (χ3n) is 0.328.